The van der Waals surface area contributed by atoms with Crippen LogP contribution in [-0.4, -0.2) is 45.7 Å². The molecular formula is C66H130NO3S+. The molecule has 0 N–H and O–H groups in total. The summed E-state index contributed by atoms with van der Waals surface area (Å²) < 4.78 is 30.3. The molecule has 1 rings (SSSR count). The van der Waals surface area contributed by atoms with Gasteiger partial charge in [-0.15, -0.1) is 0 Å². The van der Waals surface area contributed by atoms with Crippen LogP contribution in [0.3, 0.4) is 0 Å². The van der Waals surface area contributed by atoms with Crippen LogP contribution in [-0.2, 0) is 14.3 Å². The van der Waals surface area contributed by atoms with Crippen LogP contribution < -0.4 is 0 Å². The minimum Gasteiger partial charge on any atom is -0.324 e. The number of nitrogens with zero attached hydrogens (tertiary/aromatic N) is 1. The van der Waals surface area contributed by atoms with Crippen LogP contribution in [0.25, 0.3) is 0 Å². The predicted octanol–water partition coefficient (Wildman–Crippen LogP) is 22.8. The highest BCUT2D eigenvalue weighted by molar-refractivity contribution is 7.86. The normalized spacial score (nSPS) is 11.9. The van der Waals surface area contributed by atoms with Crippen molar-refractivity contribution in [2.45, 2.75) is 361 Å². The Morgan fingerprint density at radius 2 is 0.479 bits per heavy atom. The maximum Gasteiger partial charge on any atom is 0.296 e. The molecule has 0 radical (unpaired) electrons. The number of rotatable bonds is 57. The molecule has 0 bridgehead atoms. The van der Waals surface area contributed by atoms with Crippen molar-refractivity contribution in [2.24, 2.45) is 0 Å². The zero-order valence-electron chi connectivity index (χ0n) is 49.4. The number of quaternary nitrogens is 1. The predicted molar refractivity (Wildman–Crippen MR) is 319 cm³/mol. The molecule has 0 fully saturated rings. The zero-order valence-corrected chi connectivity index (χ0v) is 50.2. The van der Waals surface area contributed by atoms with Crippen molar-refractivity contribution in [3.05, 3.63) is 30.3 Å². The van der Waals surface area contributed by atoms with Crippen LogP contribution in [0.2, 0.25) is 0 Å². The van der Waals surface area contributed by atoms with Crippen molar-refractivity contribution in [2.75, 3.05) is 32.8 Å². The third-order valence-electron chi connectivity index (χ3n) is 15.7. The van der Waals surface area contributed by atoms with E-state index in [0.29, 0.717) is 0 Å². The molecule has 5 heteroatoms. The summed E-state index contributed by atoms with van der Waals surface area (Å²) in [4.78, 5) is 0.238. The van der Waals surface area contributed by atoms with Crippen LogP contribution >= 0.6 is 0 Å². The van der Waals surface area contributed by atoms with E-state index < -0.39 is 10.1 Å². The SMILES string of the molecule is CCCCCCCCCCCCOS(=O)(=O)c1ccccc1.CCCCCCCCCCCC[N+](CCCCCCCCCCCC)(CCCCCCCCCCCC)CCCCCCCCCCCC. The first-order valence-corrected chi connectivity index (χ1v) is 34.1. The second-order valence-electron chi connectivity index (χ2n) is 22.7. The lowest BCUT2D eigenvalue weighted by Crippen LogP contribution is -2.50. The monoisotopic (exact) mass is 1020 g/mol. The van der Waals surface area contributed by atoms with Crippen LogP contribution in [0.4, 0.5) is 0 Å². The lowest BCUT2D eigenvalue weighted by atomic mass is 10.0. The smallest absolute Gasteiger partial charge is 0.296 e. The van der Waals surface area contributed by atoms with Crippen molar-refractivity contribution in [3.63, 3.8) is 0 Å². The van der Waals surface area contributed by atoms with Gasteiger partial charge in [0.1, 0.15) is 0 Å². The highest BCUT2D eigenvalue weighted by Crippen LogP contribution is 2.22. The number of hydrogen-bond donors (Lipinski definition) is 0. The minimum absolute atomic E-state index is 0.238. The van der Waals surface area contributed by atoms with Gasteiger partial charge in [-0.05, 0) is 69.9 Å². The highest BCUT2D eigenvalue weighted by Gasteiger charge is 2.26. The fourth-order valence-corrected chi connectivity index (χ4v) is 11.8. The molecule has 0 saturated heterocycles. The third-order valence-corrected chi connectivity index (χ3v) is 17.0. The fraction of sp³-hybridized carbons (Fsp3) is 0.909. The molecule has 0 aliphatic heterocycles. The summed E-state index contributed by atoms with van der Waals surface area (Å²) >= 11 is 0. The molecule has 1 aromatic rings. The summed E-state index contributed by atoms with van der Waals surface area (Å²) in [6.45, 7) is 17.8. The van der Waals surface area contributed by atoms with E-state index >= 15 is 0 Å². The maximum atomic E-state index is 11.9. The molecule has 0 heterocycles. The van der Waals surface area contributed by atoms with Gasteiger partial charge in [0.2, 0.25) is 0 Å². The van der Waals surface area contributed by atoms with Crippen molar-refractivity contribution >= 4 is 10.1 Å². The summed E-state index contributed by atoms with van der Waals surface area (Å²) in [5.41, 5.74) is 0. The topological polar surface area (TPSA) is 43.4 Å². The molecule has 0 aliphatic carbocycles. The minimum atomic E-state index is -3.57. The molecule has 0 saturated carbocycles. The van der Waals surface area contributed by atoms with Crippen molar-refractivity contribution in [1.29, 1.82) is 0 Å². The van der Waals surface area contributed by atoms with Gasteiger partial charge >= 0.3 is 0 Å². The quantitative estimate of drug-likeness (QED) is 0.0371. The Kier molecular flexibility index (Phi) is 56.1. The van der Waals surface area contributed by atoms with Crippen molar-refractivity contribution in [3.8, 4) is 0 Å². The summed E-state index contributed by atoms with van der Waals surface area (Å²) in [7, 11) is -3.57. The second-order valence-corrected chi connectivity index (χ2v) is 24.4. The molecule has 0 atom stereocenters. The fourth-order valence-electron chi connectivity index (χ4n) is 10.8. The molecule has 0 unspecified atom stereocenters. The average molecular weight is 1020 g/mol. The molecule has 0 aliphatic rings. The Morgan fingerprint density at radius 1 is 0.282 bits per heavy atom. The van der Waals surface area contributed by atoms with E-state index in [1.165, 1.54) is 339 Å². The third kappa shape index (κ3) is 49.7. The van der Waals surface area contributed by atoms with Crippen LogP contribution in [0, 0.1) is 0 Å². The molecule has 0 aromatic heterocycles. The van der Waals surface area contributed by atoms with E-state index in [0.717, 1.165) is 12.8 Å². The van der Waals surface area contributed by atoms with E-state index in [-0.39, 0.29) is 11.5 Å². The summed E-state index contributed by atoms with van der Waals surface area (Å²) in [5, 5.41) is 0. The summed E-state index contributed by atoms with van der Waals surface area (Å²) in [6, 6.07) is 8.33. The molecule has 4 nitrogen and oxygen atoms in total. The van der Waals surface area contributed by atoms with E-state index in [1.807, 2.05) is 0 Å². The van der Waals surface area contributed by atoms with Gasteiger partial charge in [0.15, 0.2) is 0 Å². The van der Waals surface area contributed by atoms with Gasteiger partial charge in [0, 0.05) is 0 Å². The Balaban J connectivity index is 0.00000184. The standard InChI is InChI=1S/C48H100N.C18H30O3S/c1-5-9-13-17-21-25-29-33-37-41-45-49(46-42-38-34-30-26-22-18-14-10-6-2,47-43-39-35-31-27-23-19-15-11-7-3)48-44-40-36-32-28-24-20-16-12-8-4;1-2-3-4-5-6-7-8-9-10-14-17-21-22(19,20)18-15-12-11-13-16-18/h5-48H2,1-4H3;11-13,15-16H,2-10,14,17H2,1H3/q+1;. The Morgan fingerprint density at radius 3 is 0.704 bits per heavy atom. The molecule has 1 aromatic carbocycles. The zero-order chi connectivity index (χ0) is 51.7. The van der Waals surface area contributed by atoms with Gasteiger partial charge in [-0.3, -0.25) is 4.18 Å². The molecular weight excluding hydrogens is 887 g/mol. The number of benzene rings is 1. The Labute approximate surface area is 448 Å². The highest BCUT2D eigenvalue weighted by atomic mass is 32.2. The van der Waals surface area contributed by atoms with Crippen molar-refractivity contribution in [1.82, 2.24) is 0 Å². The number of hydrogen-bond acceptors (Lipinski definition) is 3. The van der Waals surface area contributed by atoms with Crippen molar-refractivity contribution < 1.29 is 17.1 Å². The van der Waals surface area contributed by atoms with E-state index in [1.54, 1.807) is 30.3 Å². The Hall–Kier alpha value is -0.910. The van der Waals surface area contributed by atoms with Gasteiger partial charge in [0.05, 0.1) is 37.7 Å². The maximum absolute atomic E-state index is 11.9. The molecule has 422 valence electrons. The summed E-state index contributed by atoms with van der Waals surface area (Å²) in [6.07, 6.45) is 71.0. The first-order chi connectivity index (χ1) is 34.9. The van der Waals surface area contributed by atoms with E-state index in [4.69, 9.17) is 4.18 Å². The van der Waals surface area contributed by atoms with Gasteiger partial charge in [-0.2, -0.15) is 8.42 Å². The number of unbranched alkanes of at least 4 members (excludes halogenated alkanes) is 45. The second kappa shape index (κ2) is 56.8. The lowest BCUT2D eigenvalue weighted by molar-refractivity contribution is -0.929. The Bertz CT molecular complexity index is 1140. The lowest BCUT2D eigenvalue weighted by Gasteiger charge is -2.40. The van der Waals surface area contributed by atoms with Gasteiger partial charge in [-0.25, -0.2) is 0 Å². The first kappa shape index (κ1) is 70.1. The van der Waals surface area contributed by atoms with E-state index in [9.17, 15) is 8.42 Å². The van der Waals surface area contributed by atoms with Gasteiger partial charge in [-0.1, -0.05) is 316 Å². The molecule has 0 amide bonds. The molecule has 0 spiro atoms. The van der Waals surface area contributed by atoms with Gasteiger partial charge in [0.25, 0.3) is 10.1 Å². The molecule has 71 heavy (non-hydrogen) atoms. The van der Waals surface area contributed by atoms with Crippen LogP contribution in [0.5, 0.6) is 0 Å². The summed E-state index contributed by atoms with van der Waals surface area (Å²) in [5.74, 6) is 0. The first-order valence-electron chi connectivity index (χ1n) is 32.7. The average Bonchev–Trinajstić information content (AvgIpc) is 3.38. The van der Waals surface area contributed by atoms with Crippen LogP contribution in [0.1, 0.15) is 356 Å². The van der Waals surface area contributed by atoms with Gasteiger partial charge < -0.3 is 4.48 Å². The largest absolute Gasteiger partial charge is 0.324 e. The van der Waals surface area contributed by atoms with Crippen LogP contribution in [0.15, 0.2) is 35.2 Å². The van der Waals surface area contributed by atoms with E-state index in [2.05, 4.69) is 34.6 Å².